The van der Waals surface area contributed by atoms with E-state index in [1.165, 1.54) is 6.07 Å². The third-order valence-corrected chi connectivity index (χ3v) is 3.41. The number of fused-ring (bicyclic) bond motifs is 1. The van der Waals surface area contributed by atoms with Gasteiger partial charge in [-0.15, -0.1) is 0 Å². The molecule has 19 heavy (non-hydrogen) atoms. The van der Waals surface area contributed by atoms with Gasteiger partial charge in [0, 0.05) is 29.7 Å². The predicted molar refractivity (Wildman–Crippen MR) is 75.1 cm³/mol. The van der Waals surface area contributed by atoms with Crippen LogP contribution in [0.5, 0.6) is 0 Å². The molecule has 0 amide bonds. The fourth-order valence-electron chi connectivity index (χ4n) is 2.33. The molecule has 0 saturated carbocycles. The van der Waals surface area contributed by atoms with Gasteiger partial charge >= 0.3 is 0 Å². The highest BCUT2D eigenvalue weighted by Gasteiger charge is 2.20. The van der Waals surface area contributed by atoms with Crippen molar-refractivity contribution in [1.29, 1.82) is 0 Å². The van der Waals surface area contributed by atoms with Gasteiger partial charge in [0.25, 0.3) is 0 Å². The van der Waals surface area contributed by atoms with Crippen molar-refractivity contribution in [1.82, 2.24) is 9.88 Å². The molecule has 0 bridgehead atoms. The highest BCUT2D eigenvalue weighted by Crippen LogP contribution is 2.27. The van der Waals surface area contributed by atoms with Crippen LogP contribution in [0.25, 0.3) is 10.9 Å². The van der Waals surface area contributed by atoms with Crippen molar-refractivity contribution >= 4 is 16.7 Å². The molecule has 102 valence electrons. The van der Waals surface area contributed by atoms with Gasteiger partial charge in [-0.3, -0.25) is 4.79 Å². The van der Waals surface area contributed by atoms with Gasteiger partial charge in [-0.2, -0.15) is 0 Å². The van der Waals surface area contributed by atoms with Gasteiger partial charge in [-0.1, -0.05) is 26.0 Å². The van der Waals surface area contributed by atoms with Crippen molar-refractivity contribution in [3.05, 3.63) is 35.3 Å². The number of nitrogens with zero attached hydrogens (tertiary/aromatic N) is 1. The Kier molecular flexibility index (Phi) is 3.71. The van der Waals surface area contributed by atoms with Gasteiger partial charge in [0.1, 0.15) is 5.82 Å². The summed E-state index contributed by atoms with van der Waals surface area (Å²) in [6.45, 7) is 6.10. The summed E-state index contributed by atoms with van der Waals surface area (Å²) < 4.78 is 15.6. The number of Topliss-reactive ketones (excluding diaryl/α,β-unsaturated/α-hetero) is 1. The molecule has 1 aromatic heterocycles. The molecule has 4 heteroatoms. The Balaban J connectivity index is 2.52. The molecule has 2 rings (SSSR count). The normalized spacial score (nSPS) is 11.5. The maximum absolute atomic E-state index is 13.9. The first-order valence-corrected chi connectivity index (χ1v) is 6.43. The summed E-state index contributed by atoms with van der Waals surface area (Å²) in [6, 6.07) is 5.11. The SMILES string of the molecule is Cc1c(C(=O)CNC(C)C)c2cccc(F)c2n1C. The molecule has 0 aliphatic carbocycles. The second-order valence-corrected chi connectivity index (χ2v) is 5.11. The molecule has 0 aliphatic heterocycles. The van der Waals surface area contributed by atoms with Crippen LogP contribution in [0.3, 0.4) is 0 Å². The summed E-state index contributed by atoms with van der Waals surface area (Å²) in [7, 11) is 1.79. The number of aromatic nitrogens is 1. The largest absolute Gasteiger partial charge is 0.345 e. The minimum Gasteiger partial charge on any atom is -0.345 e. The second-order valence-electron chi connectivity index (χ2n) is 5.11. The molecule has 3 nitrogen and oxygen atoms in total. The molecular formula is C15H19FN2O. The number of carbonyl (C=O) groups excluding carboxylic acids is 1. The summed E-state index contributed by atoms with van der Waals surface area (Å²) in [5.41, 5.74) is 1.91. The lowest BCUT2D eigenvalue weighted by Gasteiger charge is -2.07. The van der Waals surface area contributed by atoms with Gasteiger partial charge in [-0.25, -0.2) is 4.39 Å². The second kappa shape index (κ2) is 5.13. The van der Waals surface area contributed by atoms with E-state index >= 15 is 0 Å². The van der Waals surface area contributed by atoms with Crippen LogP contribution >= 0.6 is 0 Å². The lowest BCUT2D eigenvalue weighted by Crippen LogP contribution is -2.29. The average Bonchev–Trinajstić information content (AvgIpc) is 2.60. The van der Waals surface area contributed by atoms with Gasteiger partial charge < -0.3 is 9.88 Å². The lowest BCUT2D eigenvalue weighted by molar-refractivity contribution is 0.0989. The maximum Gasteiger partial charge on any atom is 0.179 e. The number of aryl methyl sites for hydroxylation is 1. The molecule has 0 saturated heterocycles. The number of carbonyl (C=O) groups is 1. The maximum atomic E-state index is 13.9. The van der Waals surface area contributed by atoms with Crippen molar-refractivity contribution in [2.75, 3.05) is 6.54 Å². The van der Waals surface area contributed by atoms with E-state index in [1.807, 2.05) is 20.8 Å². The molecule has 0 aliphatic rings. The highest BCUT2D eigenvalue weighted by molar-refractivity contribution is 6.10. The molecular weight excluding hydrogens is 243 g/mol. The van der Waals surface area contributed by atoms with Crippen molar-refractivity contribution in [2.24, 2.45) is 7.05 Å². The lowest BCUT2D eigenvalue weighted by atomic mass is 10.1. The van der Waals surface area contributed by atoms with E-state index in [-0.39, 0.29) is 24.2 Å². The number of rotatable bonds is 4. The molecule has 0 radical (unpaired) electrons. The van der Waals surface area contributed by atoms with E-state index in [1.54, 1.807) is 23.7 Å². The van der Waals surface area contributed by atoms with Crippen molar-refractivity contribution < 1.29 is 9.18 Å². The van der Waals surface area contributed by atoms with Crippen molar-refractivity contribution in [3.63, 3.8) is 0 Å². The molecule has 1 N–H and O–H groups in total. The van der Waals surface area contributed by atoms with Gasteiger partial charge in [0.05, 0.1) is 12.1 Å². The van der Waals surface area contributed by atoms with Crippen LogP contribution in [0, 0.1) is 12.7 Å². The Morgan fingerprint density at radius 3 is 2.74 bits per heavy atom. The summed E-state index contributed by atoms with van der Waals surface area (Å²) in [6.07, 6.45) is 0. The standard InChI is InChI=1S/C15H19FN2O/c1-9(2)17-8-13(19)14-10(3)18(4)15-11(14)6-5-7-12(15)16/h5-7,9,17H,8H2,1-4H3. The number of hydrogen-bond acceptors (Lipinski definition) is 2. The number of halogens is 1. The van der Waals surface area contributed by atoms with Gasteiger partial charge in [-0.05, 0) is 13.0 Å². The zero-order valence-corrected chi connectivity index (χ0v) is 11.7. The van der Waals surface area contributed by atoms with E-state index in [2.05, 4.69) is 5.32 Å². The van der Waals surface area contributed by atoms with E-state index in [0.717, 1.165) is 5.69 Å². The smallest absolute Gasteiger partial charge is 0.179 e. The number of para-hydroxylation sites is 1. The molecule has 0 fully saturated rings. The Morgan fingerprint density at radius 2 is 2.11 bits per heavy atom. The third kappa shape index (κ3) is 2.40. The fourth-order valence-corrected chi connectivity index (χ4v) is 2.33. The van der Waals surface area contributed by atoms with Crippen LogP contribution in [-0.4, -0.2) is 22.9 Å². The number of ketones is 1. The molecule has 2 aromatic rings. The van der Waals surface area contributed by atoms with Gasteiger partial charge in [0.2, 0.25) is 0 Å². The summed E-state index contributed by atoms with van der Waals surface area (Å²) in [4.78, 5) is 12.3. The topological polar surface area (TPSA) is 34.0 Å². The minimum atomic E-state index is -0.293. The number of hydrogen-bond donors (Lipinski definition) is 1. The Labute approximate surface area is 112 Å². The molecule has 1 heterocycles. The van der Waals surface area contributed by atoms with E-state index < -0.39 is 0 Å². The quantitative estimate of drug-likeness (QED) is 0.860. The van der Waals surface area contributed by atoms with Crippen LogP contribution in [0.15, 0.2) is 18.2 Å². The number of nitrogens with one attached hydrogen (secondary N) is 1. The monoisotopic (exact) mass is 262 g/mol. The van der Waals surface area contributed by atoms with E-state index in [9.17, 15) is 9.18 Å². The van der Waals surface area contributed by atoms with E-state index in [4.69, 9.17) is 0 Å². The predicted octanol–water partition coefficient (Wildman–Crippen LogP) is 2.81. The molecule has 1 aromatic carbocycles. The highest BCUT2D eigenvalue weighted by atomic mass is 19.1. The first-order chi connectivity index (χ1) is 8.93. The molecule has 0 atom stereocenters. The summed E-state index contributed by atoms with van der Waals surface area (Å²) in [5.74, 6) is -0.290. The van der Waals surface area contributed by atoms with Crippen molar-refractivity contribution in [2.45, 2.75) is 26.8 Å². The Hall–Kier alpha value is -1.68. The van der Waals surface area contributed by atoms with Gasteiger partial charge in [0.15, 0.2) is 5.78 Å². The first kappa shape index (κ1) is 13.7. The number of benzene rings is 1. The fraction of sp³-hybridized carbons (Fsp3) is 0.400. The van der Waals surface area contributed by atoms with Crippen molar-refractivity contribution in [3.8, 4) is 0 Å². The average molecular weight is 262 g/mol. The van der Waals surface area contributed by atoms with Crippen LogP contribution < -0.4 is 5.32 Å². The molecule has 0 spiro atoms. The summed E-state index contributed by atoms with van der Waals surface area (Å²) in [5, 5.41) is 3.80. The Bertz CT molecular complexity index is 629. The first-order valence-electron chi connectivity index (χ1n) is 6.43. The van der Waals surface area contributed by atoms with Crippen LogP contribution in [0.4, 0.5) is 4.39 Å². The van der Waals surface area contributed by atoms with Crippen LogP contribution in [0.2, 0.25) is 0 Å². The van der Waals surface area contributed by atoms with E-state index in [0.29, 0.717) is 16.5 Å². The van der Waals surface area contributed by atoms with Crippen LogP contribution in [0.1, 0.15) is 29.9 Å². The third-order valence-electron chi connectivity index (χ3n) is 3.41. The van der Waals surface area contributed by atoms with Crippen LogP contribution in [-0.2, 0) is 7.05 Å². The zero-order valence-electron chi connectivity index (χ0n) is 11.7. The zero-order chi connectivity index (χ0) is 14.2. The minimum absolute atomic E-state index is 0.00222. The molecule has 0 unspecified atom stereocenters. The Morgan fingerprint density at radius 1 is 1.42 bits per heavy atom. The summed E-state index contributed by atoms with van der Waals surface area (Å²) >= 11 is 0.